The summed E-state index contributed by atoms with van der Waals surface area (Å²) in [6.45, 7) is 9.81. The smallest absolute Gasteiger partial charge is 0.294 e. The molecule has 0 bridgehead atoms. The number of aliphatic hydroxyl groups is 2. The Morgan fingerprint density at radius 2 is 0.882 bits per heavy atom. The van der Waals surface area contributed by atoms with Crippen LogP contribution in [0.5, 0.6) is 0 Å². The van der Waals surface area contributed by atoms with Gasteiger partial charge in [0.15, 0.2) is 0 Å². The molecule has 1 saturated heterocycles. The van der Waals surface area contributed by atoms with E-state index in [0.29, 0.717) is 0 Å². The molecule has 34 heavy (non-hydrogen) atoms. The topological polar surface area (TPSA) is 156 Å². The molecule has 2 aromatic carbocycles. The van der Waals surface area contributed by atoms with Crippen LogP contribution < -0.4 is 0 Å². The molecule has 0 aromatic heterocycles. The Morgan fingerprint density at radius 1 is 0.618 bits per heavy atom. The highest BCUT2D eigenvalue weighted by Crippen LogP contribution is 2.09. The fourth-order valence-corrected chi connectivity index (χ4v) is 3.90. The number of β-amino-alcohol motifs (C(OH)–C–C–N with tert-alkyl or cyclic N) is 2. The third-order valence-corrected chi connectivity index (χ3v) is 6.67. The van der Waals surface area contributed by atoms with Crippen molar-refractivity contribution in [2.24, 2.45) is 0 Å². The molecule has 0 unspecified atom stereocenters. The Morgan fingerprint density at radius 3 is 1.09 bits per heavy atom. The van der Waals surface area contributed by atoms with Crippen LogP contribution in [0.1, 0.15) is 11.1 Å². The molecule has 1 aliphatic heterocycles. The van der Waals surface area contributed by atoms with E-state index in [1.807, 2.05) is 13.8 Å². The second-order valence-electron chi connectivity index (χ2n) is 7.71. The van der Waals surface area contributed by atoms with E-state index in [9.17, 15) is 16.8 Å². The van der Waals surface area contributed by atoms with Crippen molar-refractivity contribution >= 4 is 20.2 Å². The van der Waals surface area contributed by atoms with E-state index < -0.39 is 20.2 Å². The third kappa shape index (κ3) is 12.0. The monoisotopic (exact) mass is 518 g/mol. The summed E-state index contributed by atoms with van der Waals surface area (Å²) in [6.07, 6.45) is 0. The van der Waals surface area contributed by atoms with Crippen molar-refractivity contribution in [3.8, 4) is 0 Å². The molecule has 0 spiro atoms. The molecule has 12 heteroatoms. The van der Waals surface area contributed by atoms with Gasteiger partial charge in [-0.15, -0.1) is 0 Å². The first kappa shape index (κ1) is 30.1. The molecule has 1 aliphatic rings. The lowest BCUT2D eigenvalue weighted by molar-refractivity contribution is 0.0984. The summed E-state index contributed by atoms with van der Waals surface area (Å²) in [6, 6.07) is 12.0. The van der Waals surface area contributed by atoms with Gasteiger partial charge in [0.25, 0.3) is 20.2 Å². The maximum absolute atomic E-state index is 10.5. The number of nitrogens with zero attached hydrogens (tertiary/aromatic N) is 2. The first-order valence-electron chi connectivity index (χ1n) is 10.6. The van der Waals surface area contributed by atoms with Gasteiger partial charge in [0.1, 0.15) is 0 Å². The number of hydrogen-bond acceptors (Lipinski definition) is 8. The van der Waals surface area contributed by atoms with Crippen LogP contribution in [0.2, 0.25) is 0 Å². The zero-order valence-corrected chi connectivity index (χ0v) is 21.0. The van der Waals surface area contributed by atoms with Crippen LogP contribution in [-0.2, 0) is 20.2 Å². The fourth-order valence-electron chi connectivity index (χ4n) is 2.94. The number of rotatable bonds is 6. The Bertz CT molecular complexity index is 962. The largest absolute Gasteiger partial charge is 0.395 e. The lowest BCUT2D eigenvalue weighted by Gasteiger charge is -2.33. The lowest BCUT2D eigenvalue weighted by atomic mass is 10.2. The number of piperazine rings is 1. The van der Waals surface area contributed by atoms with E-state index in [4.69, 9.17) is 19.3 Å². The SMILES string of the molecule is Cc1ccc(S(=O)(=O)O)cc1.Cc1ccc(S(=O)(=O)O)cc1.OCCN1CCN(CCO)CC1. The Hall–Kier alpha value is -1.90. The highest BCUT2D eigenvalue weighted by molar-refractivity contribution is 7.86. The fraction of sp³-hybridized carbons (Fsp3) is 0.455. The molecule has 0 radical (unpaired) electrons. The second-order valence-corrected chi connectivity index (χ2v) is 10.5. The van der Waals surface area contributed by atoms with Crippen LogP contribution in [0.15, 0.2) is 58.3 Å². The molecule has 0 atom stereocenters. The predicted octanol–water partition coefficient (Wildman–Crippen LogP) is 1.07. The molecule has 10 nitrogen and oxygen atoms in total. The van der Waals surface area contributed by atoms with Gasteiger partial charge in [-0.25, -0.2) is 0 Å². The number of aliphatic hydroxyl groups excluding tert-OH is 2. The van der Waals surface area contributed by atoms with Crippen LogP contribution >= 0.6 is 0 Å². The molecule has 0 aliphatic carbocycles. The molecular formula is C22H34N2O8S2. The van der Waals surface area contributed by atoms with Gasteiger partial charge in [-0.2, -0.15) is 16.8 Å². The van der Waals surface area contributed by atoms with Gasteiger partial charge in [-0.05, 0) is 38.1 Å². The van der Waals surface area contributed by atoms with E-state index >= 15 is 0 Å². The van der Waals surface area contributed by atoms with Gasteiger partial charge in [-0.3, -0.25) is 18.9 Å². The number of aryl methyl sites for hydroxylation is 2. The molecule has 0 amide bonds. The molecule has 3 rings (SSSR count). The zero-order valence-electron chi connectivity index (χ0n) is 19.4. The Kier molecular flexibility index (Phi) is 12.8. The van der Waals surface area contributed by atoms with Gasteiger partial charge in [0, 0.05) is 39.3 Å². The minimum absolute atomic E-state index is 0.0666. The summed E-state index contributed by atoms with van der Waals surface area (Å²) in [7, 11) is -8.04. The van der Waals surface area contributed by atoms with Crippen molar-refractivity contribution in [2.45, 2.75) is 23.6 Å². The maximum Gasteiger partial charge on any atom is 0.294 e. The van der Waals surface area contributed by atoms with E-state index in [1.54, 1.807) is 24.3 Å². The summed E-state index contributed by atoms with van der Waals surface area (Å²) < 4.78 is 59.1. The van der Waals surface area contributed by atoms with E-state index in [2.05, 4.69) is 9.80 Å². The molecule has 1 fully saturated rings. The van der Waals surface area contributed by atoms with Crippen LogP contribution in [0.25, 0.3) is 0 Å². The maximum atomic E-state index is 10.5. The van der Waals surface area contributed by atoms with Crippen molar-refractivity contribution in [1.82, 2.24) is 9.80 Å². The summed E-state index contributed by atoms with van der Waals surface area (Å²) in [5.41, 5.74) is 1.91. The molecule has 2 aromatic rings. The van der Waals surface area contributed by atoms with Crippen molar-refractivity contribution < 1.29 is 36.2 Å². The minimum Gasteiger partial charge on any atom is -0.395 e. The highest BCUT2D eigenvalue weighted by Gasteiger charge is 2.15. The van der Waals surface area contributed by atoms with Gasteiger partial charge in [0.05, 0.1) is 23.0 Å². The summed E-state index contributed by atoms with van der Waals surface area (Å²) in [5, 5.41) is 17.4. The Balaban J connectivity index is 0.000000255. The van der Waals surface area contributed by atoms with Crippen molar-refractivity contribution in [2.75, 3.05) is 52.5 Å². The summed E-state index contributed by atoms with van der Waals surface area (Å²) >= 11 is 0. The van der Waals surface area contributed by atoms with Crippen molar-refractivity contribution in [3.05, 3.63) is 59.7 Å². The normalized spacial score (nSPS) is 15.0. The molecule has 192 valence electrons. The average Bonchev–Trinajstić information content (AvgIpc) is 2.76. The average molecular weight is 519 g/mol. The quantitative estimate of drug-likeness (QED) is 0.408. The van der Waals surface area contributed by atoms with E-state index in [-0.39, 0.29) is 23.0 Å². The van der Waals surface area contributed by atoms with Crippen molar-refractivity contribution in [1.29, 1.82) is 0 Å². The number of benzene rings is 2. The minimum atomic E-state index is -4.02. The first-order chi connectivity index (χ1) is 15.9. The summed E-state index contributed by atoms with van der Waals surface area (Å²) in [5.74, 6) is 0. The standard InChI is InChI=1S/C8H18N2O2.2C7H8O3S/c11-7-5-9-1-2-10(4-3-9)6-8-12;2*1-6-2-4-7(5-3-6)11(8,9)10/h11-12H,1-8H2;2*2-5H,1H3,(H,8,9,10). The van der Waals surface area contributed by atoms with Gasteiger partial charge >= 0.3 is 0 Å². The third-order valence-electron chi connectivity index (χ3n) is 4.94. The summed E-state index contributed by atoms with van der Waals surface area (Å²) in [4.78, 5) is 4.35. The number of hydrogen-bond donors (Lipinski definition) is 4. The van der Waals surface area contributed by atoms with Crippen molar-refractivity contribution in [3.63, 3.8) is 0 Å². The van der Waals surface area contributed by atoms with E-state index in [1.165, 1.54) is 24.3 Å². The van der Waals surface area contributed by atoms with Crippen LogP contribution in [0.3, 0.4) is 0 Å². The van der Waals surface area contributed by atoms with Crippen LogP contribution in [0, 0.1) is 13.8 Å². The van der Waals surface area contributed by atoms with Gasteiger partial charge < -0.3 is 10.2 Å². The molecule has 0 saturated carbocycles. The first-order valence-corrected chi connectivity index (χ1v) is 13.5. The lowest BCUT2D eigenvalue weighted by Crippen LogP contribution is -2.47. The molecular weight excluding hydrogens is 484 g/mol. The highest BCUT2D eigenvalue weighted by atomic mass is 32.2. The molecule has 1 heterocycles. The van der Waals surface area contributed by atoms with Gasteiger partial charge in [0.2, 0.25) is 0 Å². The van der Waals surface area contributed by atoms with Gasteiger partial charge in [-0.1, -0.05) is 35.4 Å². The predicted molar refractivity (Wildman–Crippen MR) is 129 cm³/mol. The molecule has 4 N–H and O–H groups in total. The zero-order chi connectivity index (χ0) is 25.8. The Labute approximate surface area is 202 Å². The van der Waals surface area contributed by atoms with E-state index in [0.717, 1.165) is 50.4 Å². The second kappa shape index (κ2) is 14.5. The van der Waals surface area contributed by atoms with Crippen LogP contribution in [0.4, 0.5) is 0 Å². The van der Waals surface area contributed by atoms with Crippen LogP contribution in [-0.4, -0.2) is 98.4 Å².